The van der Waals surface area contributed by atoms with Crippen molar-refractivity contribution in [2.45, 2.75) is 46.0 Å². The van der Waals surface area contributed by atoms with Crippen LogP contribution in [0.5, 0.6) is 0 Å². The molecular formula is C9H19NO2. The first-order valence-electron chi connectivity index (χ1n) is 4.73. The van der Waals surface area contributed by atoms with Gasteiger partial charge in [0.2, 0.25) is 0 Å². The van der Waals surface area contributed by atoms with Crippen molar-refractivity contribution in [3.63, 3.8) is 0 Å². The Labute approximate surface area is 74.4 Å². The number of unbranched alkanes of at least 4 members (excludes halogenated alkanes) is 2. The average molecular weight is 173 g/mol. The minimum Gasteiger partial charge on any atom is -0.371 e. The average Bonchev–Trinajstić information content (AvgIpc) is 2.06. The van der Waals surface area contributed by atoms with Crippen molar-refractivity contribution in [1.82, 2.24) is 5.48 Å². The molecule has 3 nitrogen and oxygen atoms in total. The SMILES string of the molecule is CCCCCC(=O)ONCCC. The van der Waals surface area contributed by atoms with Gasteiger partial charge in [0.25, 0.3) is 0 Å². The maximum Gasteiger partial charge on any atom is 0.324 e. The van der Waals surface area contributed by atoms with Crippen LogP contribution >= 0.6 is 0 Å². The summed E-state index contributed by atoms with van der Waals surface area (Å²) < 4.78 is 0. The Balaban J connectivity index is 3.10. The van der Waals surface area contributed by atoms with Crippen LogP contribution < -0.4 is 5.48 Å². The summed E-state index contributed by atoms with van der Waals surface area (Å²) in [5.41, 5.74) is 2.61. The van der Waals surface area contributed by atoms with Crippen molar-refractivity contribution in [1.29, 1.82) is 0 Å². The quantitative estimate of drug-likeness (QED) is 0.473. The summed E-state index contributed by atoms with van der Waals surface area (Å²) in [6.07, 6.45) is 4.68. The van der Waals surface area contributed by atoms with Gasteiger partial charge >= 0.3 is 5.97 Å². The number of hydroxylamine groups is 1. The smallest absolute Gasteiger partial charge is 0.324 e. The molecule has 0 rings (SSSR count). The molecule has 0 unspecified atom stereocenters. The predicted molar refractivity (Wildman–Crippen MR) is 48.5 cm³/mol. The molecule has 1 N–H and O–H groups in total. The third-order valence-electron chi connectivity index (χ3n) is 1.52. The summed E-state index contributed by atoms with van der Waals surface area (Å²) in [6.45, 7) is 4.87. The van der Waals surface area contributed by atoms with Crippen molar-refractivity contribution in [3.8, 4) is 0 Å². The molecule has 0 aliphatic heterocycles. The van der Waals surface area contributed by atoms with Gasteiger partial charge in [-0.15, -0.1) is 0 Å². The molecule has 0 saturated heterocycles. The Morgan fingerprint density at radius 1 is 1.25 bits per heavy atom. The van der Waals surface area contributed by atoms with Crippen LogP contribution in [0.4, 0.5) is 0 Å². The van der Waals surface area contributed by atoms with Crippen LogP contribution in [-0.4, -0.2) is 12.5 Å². The highest BCUT2D eigenvalue weighted by Crippen LogP contribution is 1.99. The van der Waals surface area contributed by atoms with Crippen LogP contribution in [0.1, 0.15) is 46.0 Å². The fourth-order valence-corrected chi connectivity index (χ4v) is 0.804. The molecule has 0 amide bonds. The van der Waals surface area contributed by atoms with Gasteiger partial charge in [-0.3, -0.25) is 4.79 Å². The van der Waals surface area contributed by atoms with E-state index in [0.717, 1.165) is 32.2 Å². The molecule has 0 heterocycles. The molecular weight excluding hydrogens is 154 g/mol. The lowest BCUT2D eigenvalue weighted by molar-refractivity contribution is -0.151. The lowest BCUT2D eigenvalue weighted by atomic mass is 10.2. The first-order chi connectivity index (χ1) is 5.81. The molecule has 0 aromatic heterocycles. The Bertz CT molecular complexity index is 103. The number of nitrogens with one attached hydrogen (secondary N) is 1. The van der Waals surface area contributed by atoms with Gasteiger partial charge in [0.05, 0.1) is 0 Å². The van der Waals surface area contributed by atoms with Crippen molar-refractivity contribution in [3.05, 3.63) is 0 Å². The minimum absolute atomic E-state index is 0.142. The molecule has 0 aliphatic rings. The maximum absolute atomic E-state index is 10.9. The van der Waals surface area contributed by atoms with Gasteiger partial charge in [-0.1, -0.05) is 26.7 Å². The third-order valence-corrected chi connectivity index (χ3v) is 1.52. The van der Waals surface area contributed by atoms with Crippen LogP contribution in [0, 0.1) is 0 Å². The van der Waals surface area contributed by atoms with Gasteiger partial charge in [-0.2, -0.15) is 5.48 Å². The zero-order chi connectivity index (χ0) is 9.23. The van der Waals surface area contributed by atoms with Crippen molar-refractivity contribution in [2.24, 2.45) is 0 Å². The second kappa shape index (κ2) is 8.53. The summed E-state index contributed by atoms with van der Waals surface area (Å²) in [4.78, 5) is 15.6. The van der Waals surface area contributed by atoms with E-state index < -0.39 is 0 Å². The van der Waals surface area contributed by atoms with E-state index in [1.807, 2.05) is 6.92 Å². The number of hydrogen-bond acceptors (Lipinski definition) is 3. The largest absolute Gasteiger partial charge is 0.371 e. The molecule has 3 heteroatoms. The van der Waals surface area contributed by atoms with Crippen LogP contribution in [0.15, 0.2) is 0 Å². The monoisotopic (exact) mass is 173 g/mol. The highest BCUT2D eigenvalue weighted by Gasteiger charge is 2.00. The lowest BCUT2D eigenvalue weighted by Crippen LogP contribution is -2.20. The van der Waals surface area contributed by atoms with Gasteiger partial charge in [0.15, 0.2) is 0 Å². The van der Waals surface area contributed by atoms with Gasteiger partial charge < -0.3 is 4.84 Å². The van der Waals surface area contributed by atoms with E-state index in [1.165, 1.54) is 0 Å². The summed E-state index contributed by atoms with van der Waals surface area (Å²) in [5, 5.41) is 0. The van der Waals surface area contributed by atoms with E-state index in [1.54, 1.807) is 0 Å². The zero-order valence-corrected chi connectivity index (χ0v) is 8.06. The van der Waals surface area contributed by atoms with Gasteiger partial charge in [-0.25, -0.2) is 0 Å². The van der Waals surface area contributed by atoms with Crippen LogP contribution in [0.25, 0.3) is 0 Å². The molecule has 0 radical (unpaired) electrons. The normalized spacial score (nSPS) is 9.83. The fourth-order valence-electron chi connectivity index (χ4n) is 0.804. The first kappa shape index (κ1) is 11.4. The van der Waals surface area contributed by atoms with E-state index in [4.69, 9.17) is 4.84 Å². The van der Waals surface area contributed by atoms with E-state index in [2.05, 4.69) is 12.4 Å². The topological polar surface area (TPSA) is 38.3 Å². The maximum atomic E-state index is 10.9. The molecule has 0 atom stereocenters. The van der Waals surface area contributed by atoms with Gasteiger partial charge in [-0.05, 0) is 12.8 Å². The first-order valence-corrected chi connectivity index (χ1v) is 4.73. The highest BCUT2D eigenvalue weighted by atomic mass is 16.7. The predicted octanol–water partition coefficient (Wildman–Crippen LogP) is 2.02. The van der Waals surface area contributed by atoms with E-state index in [-0.39, 0.29) is 5.97 Å². The lowest BCUT2D eigenvalue weighted by Gasteiger charge is -2.03. The third kappa shape index (κ3) is 7.54. The fraction of sp³-hybridized carbons (Fsp3) is 0.889. The minimum atomic E-state index is -0.142. The second-order valence-corrected chi connectivity index (χ2v) is 2.83. The van der Waals surface area contributed by atoms with Crippen molar-refractivity contribution in [2.75, 3.05) is 6.54 Å². The molecule has 0 aromatic rings. The summed E-state index contributed by atoms with van der Waals surface area (Å²) in [7, 11) is 0. The zero-order valence-electron chi connectivity index (χ0n) is 8.06. The summed E-state index contributed by atoms with van der Waals surface area (Å²) in [6, 6.07) is 0. The molecule has 72 valence electrons. The summed E-state index contributed by atoms with van der Waals surface area (Å²) >= 11 is 0. The van der Waals surface area contributed by atoms with Crippen LogP contribution in [0.3, 0.4) is 0 Å². The van der Waals surface area contributed by atoms with E-state index in [9.17, 15) is 4.79 Å². The molecule has 0 spiro atoms. The number of carbonyl (C=O) groups is 1. The number of carbonyl (C=O) groups excluding carboxylic acids is 1. The molecule has 0 aromatic carbocycles. The molecule has 0 fully saturated rings. The second-order valence-electron chi connectivity index (χ2n) is 2.83. The summed E-state index contributed by atoms with van der Waals surface area (Å²) in [5.74, 6) is -0.142. The Morgan fingerprint density at radius 3 is 2.58 bits per heavy atom. The van der Waals surface area contributed by atoms with E-state index in [0.29, 0.717) is 6.42 Å². The Kier molecular flexibility index (Phi) is 8.12. The molecule has 0 aliphatic carbocycles. The molecule has 0 saturated carbocycles. The molecule has 0 bridgehead atoms. The van der Waals surface area contributed by atoms with Crippen molar-refractivity contribution < 1.29 is 9.63 Å². The van der Waals surface area contributed by atoms with Crippen molar-refractivity contribution >= 4 is 5.97 Å². The number of rotatable bonds is 7. The van der Waals surface area contributed by atoms with Crippen LogP contribution in [-0.2, 0) is 9.63 Å². The molecule has 12 heavy (non-hydrogen) atoms. The Morgan fingerprint density at radius 2 is 2.00 bits per heavy atom. The number of hydrogen-bond donors (Lipinski definition) is 1. The highest BCUT2D eigenvalue weighted by molar-refractivity contribution is 5.68. The Hall–Kier alpha value is -0.570. The van der Waals surface area contributed by atoms with Gasteiger partial charge in [0, 0.05) is 13.0 Å². The van der Waals surface area contributed by atoms with Crippen LogP contribution in [0.2, 0.25) is 0 Å². The van der Waals surface area contributed by atoms with Gasteiger partial charge in [0.1, 0.15) is 0 Å². The van der Waals surface area contributed by atoms with E-state index >= 15 is 0 Å². The standard InChI is InChI=1S/C9H19NO2/c1-3-5-6-7-9(11)12-10-8-4-2/h10H,3-8H2,1-2H3.